The van der Waals surface area contributed by atoms with Crippen molar-refractivity contribution in [3.05, 3.63) is 58.4 Å². The number of halogens is 2. The quantitative estimate of drug-likeness (QED) is 0.427. The summed E-state index contributed by atoms with van der Waals surface area (Å²) in [5.74, 6) is 3.98. The Labute approximate surface area is 138 Å². The molecular formula is C16H17ClFN3O2. The van der Waals surface area contributed by atoms with E-state index < -0.39 is 11.8 Å². The van der Waals surface area contributed by atoms with Crippen LogP contribution in [-0.2, 0) is 11.3 Å². The molecule has 0 aliphatic carbocycles. The smallest absolute Gasteiger partial charge is 0.341 e. The Kier molecular flexibility index (Phi) is 5.78. The van der Waals surface area contributed by atoms with Gasteiger partial charge in [-0.3, -0.25) is 5.84 Å². The van der Waals surface area contributed by atoms with E-state index in [4.69, 9.17) is 22.2 Å². The van der Waals surface area contributed by atoms with Gasteiger partial charge in [0.1, 0.15) is 5.82 Å². The first kappa shape index (κ1) is 17.1. The summed E-state index contributed by atoms with van der Waals surface area (Å²) >= 11 is 5.94. The fraction of sp³-hybridized carbons (Fsp3) is 0.188. The van der Waals surface area contributed by atoms with Gasteiger partial charge in [-0.25, -0.2) is 9.18 Å². The summed E-state index contributed by atoms with van der Waals surface area (Å²) in [5.41, 5.74) is 4.00. The number of anilines is 2. The van der Waals surface area contributed by atoms with Gasteiger partial charge in [0.25, 0.3) is 0 Å². The number of nitrogen functional groups attached to an aromatic ring is 1. The average Bonchev–Trinajstić information content (AvgIpc) is 2.53. The molecule has 2 rings (SSSR count). The molecular weight excluding hydrogens is 321 g/mol. The Morgan fingerprint density at radius 3 is 2.74 bits per heavy atom. The van der Waals surface area contributed by atoms with E-state index in [1.165, 1.54) is 6.07 Å². The molecule has 0 unspecified atom stereocenters. The maximum atomic E-state index is 14.0. The zero-order valence-electron chi connectivity index (χ0n) is 12.5. The summed E-state index contributed by atoms with van der Waals surface area (Å²) in [6.45, 7) is 2.26. The lowest BCUT2D eigenvalue weighted by Gasteiger charge is -2.14. The largest absolute Gasteiger partial charge is 0.462 e. The summed E-state index contributed by atoms with van der Waals surface area (Å²) < 4.78 is 18.8. The molecule has 0 bridgehead atoms. The number of benzene rings is 2. The van der Waals surface area contributed by atoms with E-state index in [-0.39, 0.29) is 12.2 Å². The van der Waals surface area contributed by atoms with E-state index in [0.29, 0.717) is 22.9 Å². The maximum absolute atomic E-state index is 14.0. The molecule has 0 radical (unpaired) electrons. The molecule has 0 amide bonds. The zero-order chi connectivity index (χ0) is 16.8. The van der Waals surface area contributed by atoms with Crippen molar-refractivity contribution in [2.75, 3.05) is 17.3 Å². The highest BCUT2D eigenvalue weighted by Crippen LogP contribution is 2.26. The highest BCUT2D eigenvalue weighted by molar-refractivity contribution is 6.30. The monoisotopic (exact) mass is 337 g/mol. The number of hydrogen-bond acceptors (Lipinski definition) is 5. The van der Waals surface area contributed by atoms with Gasteiger partial charge in [-0.15, -0.1) is 0 Å². The number of carbonyl (C=O) groups is 1. The van der Waals surface area contributed by atoms with Crippen LogP contribution < -0.4 is 16.6 Å². The number of ether oxygens (including phenoxy) is 1. The molecule has 7 heteroatoms. The minimum atomic E-state index is -0.723. The van der Waals surface area contributed by atoms with E-state index in [2.05, 4.69) is 10.7 Å². The molecule has 0 aromatic heterocycles. The Balaban J connectivity index is 2.25. The van der Waals surface area contributed by atoms with Gasteiger partial charge < -0.3 is 15.5 Å². The summed E-state index contributed by atoms with van der Waals surface area (Å²) in [7, 11) is 0. The summed E-state index contributed by atoms with van der Waals surface area (Å²) in [4.78, 5) is 11.8. The SMILES string of the molecule is CCOC(=O)c1cc(NCc2cccc(Cl)c2)c(NN)cc1F. The predicted molar refractivity (Wildman–Crippen MR) is 88.9 cm³/mol. The van der Waals surface area contributed by atoms with Crippen LogP contribution >= 0.6 is 11.6 Å². The van der Waals surface area contributed by atoms with Crippen LogP contribution in [0.25, 0.3) is 0 Å². The second kappa shape index (κ2) is 7.80. The number of nitrogens with one attached hydrogen (secondary N) is 2. The van der Waals surface area contributed by atoms with Crippen LogP contribution in [0.4, 0.5) is 15.8 Å². The van der Waals surface area contributed by atoms with Crippen molar-refractivity contribution in [2.24, 2.45) is 5.84 Å². The number of hydrazine groups is 1. The molecule has 0 aliphatic rings. The van der Waals surface area contributed by atoms with Crippen LogP contribution in [0, 0.1) is 5.82 Å². The van der Waals surface area contributed by atoms with E-state index in [1.807, 2.05) is 12.1 Å². The molecule has 0 saturated heterocycles. The second-order valence-electron chi connectivity index (χ2n) is 4.73. The first-order valence-electron chi connectivity index (χ1n) is 7.00. The lowest BCUT2D eigenvalue weighted by molar-refractivity contribution is 0.0521. The third kappa shape index (κ3) is 4.34. The first-order valence-corrected chi connectivity index (χ1v) is 7.38. The van der Waals surface area contributed by atoms with Gasteiger partial charge in [0.15, 0.2) is 0 Å². The highest BCUT2D eigenvalue weighted by Gasteiger charge is 2.16. The molecule has 5 nitrogen and oxygen atoms in total. The molecule has 23 heavy (non-hydrogen) atoms. The number of hydrogen-bond donors (Lipinski definition) is 3. The van der Waals surface area contributed by atoms with Crippen molar-refractivity contribution >= 4 is 28.9 Å². The Hall–Kier alpha value is -2.31. The van der Waals surface area contributed by atoms with Crippen molar-refractivity contribution in [1.29, 1.82) is 0 Å². The standard InChI is InChI=1S/C16H17ClFN3O2/c1-2-23-16(22)12-7-14(15(21-19)8-13(12)18)20-9-10-4-3-5-11(17)6-10/h3-8,20-21H,2,9,19H2,1H3. The zero-order valence-corrected chi connectivity index (χ0v) is 13.3. The van der Waals surface area contributed by atoms with Crippen LogP contribution in [-0.4, -0.2) is 12.6 Å². The fourth-order valence-corrected chi connectivity index (χ4v) is 2.26. The fourth-order valence-electron chi connectivity index (χ4n) is 2.05. The van der Waals surface area contributed by atoms with Crippen LogP contribution in [0.1, 0.15) is 22.8 Å². The van der Waals surface area contributed by atoms with Gasteiger partial charge >= 0.3 is 5.97 Å². The molecule has 4 N–H and O–H groups in total. The van der Waals surface area contributed by atoms with Crippen molar-refractivity contribution in [3.63, 3.8) is 0 Å². The predicted octanol–water partition coefficient (Wildman–Crippen LogP) is 3.55. The first-order chi connectivity index (χ1) is 11.0. The molecule has 122 valence electrons. The van der Waals surface area contributed by atoms with Crippen LogP contribution in [0.15, 0.2) is 36.4 Å². The van der Waals surface area contributed by atoms with Gasteiger partial charge in [-0.2, -0.15) is 0 Å². The Bertz CT molecular complexity index is 710. The minimum absolute atomic E-state index is 0.153. The van der Waals surface area contributed by atoms with Crippen LogP contribution in [0.2, 0.25) is 5.02 Å². The van der Waals surface area contributed by atoms with Crippen molar-refractivity contribution in [2.45, 2.75) is 13.5 Å². The minimum Gasteiger partial charge on any atom is -0.462 e. The maximum Gasteiger partial charge on any atom is 0.341 e. The van der Waals surface area contributed by atoms with Crippen molar-refractivity contribution in [1.82, 2.24) is 0 Å². The molecule has 0 spiro atoms. The van der Waals surface area contributed by atoms with Crippen LogP contribution in [0.5, 0.6) is 0 Å². The van der Waals surface area contributed by atoms with Gasteiger partial charge in [0, 0.05) is 17.6 Å². The Morgan fingerprint density at radius 2 is 2.09 bits per heavy atom. The molecule has 0 fully saturated rings. The summed E-state index contributed by atoms with van der Waals surface area (Å²) in [5, 5.41) is 3.72. The number of esters is 1. The Morgan fingerprint density at radius 1 is 1.30 bits per heavy atom. The molecule has 2 aromatic rings. The molecule has 0 saturated carbocycles. The summed E-state index contributed by atoms with van der Waals surface area (Å²) in [6.07, 6.45) is 0. The lowest BCUT2D eigenvalue weighted by Crippen LogP contribution is -2.14. The van der Waals surface area contributed by atoms with Crippen LogP contribution in [0.3, 0.4) is 0 Å². The van der Waals surface area contributed by atoms with Gasteiger partial charge in [0.2, 0.25) is 0 Å². The molecule has 0 aliphatic heterocycles. The van der Waals surface area contributed by atoms with Gasteiger partial charge in [0.05, 0.1) is 23.5 Å². The van der Waals surface area contributed by atoms with Crippen molar-refractivity contribution < 1.29 is 13.9 Å². The molecule has 0 heterocycles. The van der Waals surface area contributed by atoms with Gasteiger partial charge in [-0.1, -0.05) is 23.7 Å². The number of carbonyl (C=O) groups excluding carboxylic acids is 1. The molecule has 2 aromatic carbocycles. The van der Waals surface area contributed by atoms with E-state index in [9.17, 15) is 9.18 Å². The van der Waals surface area contributed by atoms with Crippen molar-refractivity contribution in [3.8, 4) is 0 Å². The van der Waals surface area contributed by atoms with E-state index >= 15 is 0 Å². The normalized spacial score (nSPS) is 10.3. The molecule has 0 atom stereocenters. The van der Waals surface area contributed by atoms with Gasteiger partial charge in [-0.05, 0) is 30.7 Å². The highest BCUT2D eigenvalue weighted by atomic mass is 35.5. The lowest BCUT2D eigenvalue weighted by atomic mass is 10.1. The number of nitrogens with two attached hydrogens (primary N) is 1. The van der Waals surface area contributed by atoms with E-state index in [0.717, 1.165) is 11.6 Å². The second-order valence-corrected chi connectivity index (χ2v) is 5.16. The summed E-state index contributed by atoms with van der Waals surface area (Å²) in [6, 6.07) is 9.81. The third-order valence-electron chi connectivity index (χ3n) is 3.13. The number of rotatable bonds is 6. The van der Waals surface area contributed by atoms with E-state index in [1.54, 1.807) is 19.1 Å². The third-order valence-corrected chi connectivity index (χ3v) is 3.37. The topological polar surface area (TPSA) is 76.4 Å². The average molecular weight is 338 g/mol.